The Balaban J connectivity index is 1.44. The van der Waals surface area contributed by atoms with E-state index < -0.39 is 0 Å². The third-order valence-corrected chi connectivity index (χ3v) is 5.74. The van der Waals surface area contributed by atoms with Crippen molar-refractivity contribution < 1.29 is 4.79 Å². The standard InChI is InChI=1S/C21H18ClN3OS/c1-13(21-24-16-9-2-3-10-17(16)25-21)23-19(26)12-27-18-11-5-7-14-6-4-8-15(22)20(14)18/h2-11,13H,12H2,1H3,(H,23,26)(H,24,25). The van der Waals surface area contributed by atoms with Crippen molar-refractivity contribution in [2.75, 3.05) is 5.75 Å². The molecule has 6 heteroatoms. The molecule has 0 saturated heterocycles. The number of carbonyl (C=O) groups is 1. The molecule has 1 aromatic heterocycles. The molecule has 0 aliphatic carbocycles. The fraction of sp³-hybridized carbons (Fsp3) is 0.143. The molecule has 1 amide bonds. The van der Waals surface area contributed by atoms with Crippen molar-refractivity contribution in [3.8, 4) is 0 Å². The topological polar surface area (TPSA) is 57.8 Å². The van der Waals surface area contributed by atoms with E-state index >= 15 is 0 Å². The smallest absolute Gasteiger partial charge is 0.230 e. The molecule has 1 unspecified atom stereocenters. The highest BCUT2D eigenvalue weighted by atomic mass is 35.5. The minimum Gasteiger partial charge on any atom is -0.346 e. The van der Waals surface area contributed by atoms with E-state index in [9.17, 15) is 4.79 Å². The zero-order valence-electron chi connectivity index (χ0n) is 14.7. The Bertz CT molecular complexity index is 1090. The van der Waals surface area contributed by atoms with Crippen LogP contribution in [0.4, 0.5) is 0 Å². The van der Waals surface area contributed by atoms with Crippen molar-refractivity contribution in [3.63, 3.8) is 0 Å². The maximum atomic E-state index is 12.4. The third kappa shape index (κ3) is 3.80. The Morgan fingerprint density at radius 3 is 2.74 bits per heavy atom. The lowest BCUT2D eigenvalue weighted by atomic mass is 10.1. The largest absolute Gasteiger partial charge is 0.346 e. The minimum atomic E-state index is -0.193. The van der Waals surface area contributed by atoms with Gasteiger partial charge in [-0.15, -0.1) is 11.8 Å². The van der Waals surface area contributed by atoms with E-state index in [1.165, 1.54) is 11.8 Å². The van der Waals surface area contributed by atoms with Crippen molar-refractivity contribution in [2.45, 2.75) is 17.9 Å². The van der Waals surface area contributed by atoms with Gasteiger partial charge in [0.1, 0.15) is 5.82 Å². The van der Waals surface area contributed by atoms with Crippen LogP contribution in [0.5, 0.6) is 0 Å². The minimum absolute atomic E-state index is 0.0444. The van der Waals surface area contributed by atoms with Gasteiger partial charge in [-0.25, -0.2) is 4.98 Å². The van der Waals surface area contributed by atoms with Crippen LogP contribution in [0.25, 0.3) is 21.8 Å². The normalized spacial score (nSPS) is 12.4. The van der Waals surface area contributed by atoms with Gasteiger partial charge in [-0.05, 0) is 36.6 Å². The first-order chi connectivity index (χ1) is 13.1. The molecule has 1 heterocycles. The van der Waals surface area contributed by atoms with Crippen LogP contribution >= 0.6 is 23.4 Å². The van der Waals surface area contributed by atoms with E-state index in [4.69, 9.17) is 11.6 Å². The molecule has 2 N–H and O–H groups in total. The summed E-state index contributed by atoms with van der Waals surface area (Å²) >= 11 is 7.84. The molecule has 4 aromatic rings. The Labute approximate surface area is 166 Å². The number of imidazole rings is 1. The van der Waals surface area contributed by atoms with Gasteiger partial charge >= 0.3 is 0 Å². The second kappa shape index (κ2) is 7.62. The number of para-hydroxylation sites is 2. The molecule has 0 spiro atoms. The predicted octanol–water partition coefficient (Wildman–Crippen LogP) is 5.34. The molecule has 4 nitrogen and oxygen atoms in total. The molecule has 1 atom stereocenters. The highest BCUT2D eigenvalue weighted by molar-refractivity contribution is 8.00. The van der Waals surface area contributed by atoms with Gasteiger partial charge in [0.05, 0.1) is 22.8 Å². The van der Waals surface area contributed by atoms with Crippen LogP contribution in [0, 0.1) is 0 Å². The van der Waals surface area contributed by atoms with E-state index in [1.807, 2.05) is 67.6 Å². The number of nitrogens with zero attached hydrogens (tertiary/aromatic N) is 1. The SMILES string of the molecule is CC(NC(=O)CSc1cccc2cccc(Cl)c12)c1nc2ccccc2[nH]1. The molecule has 27 heavy (non-hydrogen) atoms. The van der Waals surface area contributed by atoms with Gasteiger partial charge in [0.2, 0.25) is 5.91 Å². The van der Waals surface area contributed by atoms with Gasteiger partial charge in [-0.3, -0.25) is 4.79 Å². The molecular weight excluding hydrogens is 378 g/mol. The zero-order valence-corrected chi connectivity index (χ0v) is 16.3. The van der Waals surface area contributed by atoms with Gasteiger partial charge < -0.3 is 10.3 Å². The second-order valence-electron chi connectivity index (χ2n) is 6.31. The number of rotatable bonds is 5. The molecule has 0 saturated carbocycles. The van der Waals surface area contributed by atoms with Gasteiger partial charge in [0.25, 0.3) is 0 Å². The molecule has 0 aliphatic rings. The molecule has 0 bridgehead atoms. The number of hydrogen-bond acceptors (Lipinski definition) is 3. The monoisotopic (exact) mass is 395 g/mol. The highest BCUT2D eigenvalue weighted by Crippen LogP contribution is 2.33. The first-order valence-electron chi connectivity index (χ1n) is 8.66. The molecule has 136 valence electrons. The number of carbonyl (C=O) groups excluding carboxylic acids is 1. The number of fused-ring (bicyclic) bond motifs is 2. The summed E-state index contributed by atoms with van der Waals surface area (Å²) in [4.78, 5) is 21.2. The fourth-order valence-corrected chi connectivity index (χ4v) is 4.31. The van der Waals surface area contributed by atoms with E-state index in [0.29, 0.717) is 10.8 Å². The number of aromatic nitrogens is 2. The molecular formula is C21H18ClN3OS. The predicted molar refractivity (Wildman–Crippen MR) is 112 cm³/mol. The van der Waals surface area contributed by atoms with Crippen LogP contribution in [0.3, 0.4) is 0 Å². The van der Waals surface area contributed by atoms with Crippen molar-refractivity contribution in [3.05, 3.63) is 71.5 Å². The number of hydrogen-bond donors (Lipinski definition) is 2. The van der Waals surface area contributed by atoms with Crippen molar-refractivity contribution >= 4 is 51.1 Å². The van der Waals surface area contributed by atoms with E-state index in [1.54, 1.807) is 0 Å². The summed E-state index contributed by atoms with van der Waals surface area (Å²) in [7, 11) is 0. The molecule has 0 radical (unpaired) electrons. The summed E-state index contributed by atoms with van der Waals surface area (Å²) in [5, 5.41) is 5.77. The van der Waals surface area contributed by atoms with E-state index in [-0.39, 0.29) is 11.9 Å². The molecule has 3 aromatic carbocycles. The number of H-pyrrole nitrogens is 1. The summed E-state index contributed by atoms with van der Waals surface area (Å²) < 4.78 is 0. The molecule has 0 fully saturated rings. The Kier molecular flexibility index (Phi) is 5.05. The number of nitrogens with one attached hydrogen (secondary N) is 2. The maximum absolute atomic E-state index is 12.4. The summed E-state index contributed by atoms with van der Waals surface area (Å²) in [5.74, 6) is 1.02. The number of thioether (sulfide) groups is 1. The van der Waals surface area contributed by atoms with E-state index in [0.717, 1.165) is 32.5 Å². The van der Waals surface area contributed by atoms with Crippen LogP contribution in [-0.2, 0) is 4.79 Å². The quantitative estimate of drug-likeness (QED) is 0.448. The fourth-order valence-electron chi connectivity index (χ4n) is 3.05. The van der Waals surface area contributed by atoms with Crippen molar-refractivity contribution in [1.29, 1.82) is 0 Å². The highest BCUT2D eigenvalue weighted by Gasteiger charge is 2.14. The Hall–Kier alpha value is -2.50. The van der Waals surface area contributed by atoms with Gasteiger partial charge in [0, 0.05) is 15.3 Å². The van der Waals surface area contributed by atoms with Crippen LogP contribution in [-0.4, -0.2) is 21.6 Å². The van der Waals surface area contributed by atoms with E-state index in [2.05, 4.69) is 15.3 Å². The number of amides is 1. The summed E-state index contributed by atoms with van der Waals surface area (Å²) in [5.41, 5.74) is 1.86. The molecule has 0 aliphatic heterocycles. The van der Waals surface area contributed by atoms with Crippen molar-refractivity contribution in [1.82, 2.24) is 15.3 Å². The van der Waals surface area contributed by atoms with Gasteiger partial charge in [0.15, 0.2) is 0 Å². The van der Waals surface area contributed by atoms with Crippen molar-refractivity contribution in [2.24, 2.45) is 0 Å². The first kappa shape index (κ1) is 17.9. The van der Waals surface area contributed by atoms with Crippen LogP contribution in [0.1, 0.15) is 18.8 Å². The number of benzene rings is 3. The Morgan fingerprint density at radius 2 is 1.93 bits per heavy atom. The third-order valence-electron chi connectivity index (χ3n) is 4.37. The van der Waals surface area contributed by atoms with Crippen LogP contribution in [0.2, 0.25) is 5.02 Å². The summed E-state index contributed by atoms with van der Waals surface area (Å²) in [6.07, 6.45) is 0. The average Bonchev–Trinajstić information content (AvgIpc) is 3.11. The Morgan fingerprint density at radius 1 is 1.15 bits per heavy atom. The maximum Gasteiger partial charge on any atom is 0.230 e. The zero-order chi connectivity index (χ0) is 18.8. The second-order valence-corrected chi connectivity index (χ2v) is 7.74. The molecule has 4 rings (SSSR count). The number of halogens is 1. The average molecular weight is 396 g/mol. The van der Waals surface area contributed by atoms with Gasteiger partial charge in [-0.1, -0.05) is 48.0 Å². The summed E-state index contributed by atoms with van der Waals surface area (Å²) in [6.45, 7) is 1.93. The van der Waals surface area contributed by atoms with Gasteiger partial charge in [-0.2, -0.15) is 0 Å². The van der Waals surface area contributed by atoms with Crippen LogP contribution in [0.15, 0.2) is 65.6 Å². The first-order valence-corrected chi connectivity index (χ1v) is 10.0. The summed E-state index contributed by atoms with van der Waals surface area (Å²) in [6, 6.07) is 19.5. The van der Waals surface area contributed by atoms with Crippen LogP contribution < -0.4 is 5.32 Å². The number of aromatic amines is 1. The lowest BCUT2D eigenvalue weighted by molar-refractivity contribution is -0.119. The lowest BCUT2D eigenvalue weighted by Gasteiger charge is -2.12. The lowest BCUT2D eigenvalue weighted by Crippen LogP contribution is -2.28.